The minimum Gasteiger partial charge on any atom is -0.497 e. The quantitative estimate of drug-likeness (QED) is 0.869. The predicted molar refractivity (Wildman–Crippen MR) is 81.2 cm³/mol. The van der Waals surface area contributed by atoms with Crippen molar-refractivity contribution in [2.45, 2.75) is 6.92 Å². The Bertz CT molecular complexity index is 594. The van der Waals surface area contributed by atoms with Crippen molar-refractivity contribution in [3.63, 3.8) is 0 Å². The highest BCUT2D eigenvalue weighted by atomic mass is 16.5. The maximum absolute atomic E-state index is 12.6. The van der Waals surface area contributed by atoms with Crippen molar-refractivity contribution in [2.24, 2.45) is 0 Å². The summed E-state index contributed by atoms with van der Waals surface area (Å²) in [5.74, 6) is 0.611. The van der Waals surface area contributed by atoms with Crippen LogP contribution in [-0.4, -0.2) is 19.6 Å². The molecule has 104 valence electrons. The van der Waals surface area contributed by atoms with Gasteiger partial charge in [-0.1, -0.05) is 6.07 Å². The first-order valence-corrected chi connectivity index (χ1v) is 6.47. The molecule has 0 spiro atoms. The fraction of sp³-hybridized carbons (Fsp3) is 0.188. The Morgan fingerprint density at radius 1 is 1.20 bits per heavy atom. The van der Waals surface area contributed by atoms with Crippen molar-refractivity contribution in [1.29, 1.82) is 0 Å². The lowest BCUT2D eigenvalue weighted by molar-refractivity contribution is 0.0988. The number of anilines is 2. The molecule has 20 heavy (non-hydrogen) atoms. The van der Waals surface area contributed by atoms with Crippen LogP contribution in [0.1, 0.15) is 17.3 Å². The molecule has 0 saturated heterocycles. The van der Waals surface area contributed by atoms with Crippen LogP contribution in [-0.2, 0) is 0 Å². The van der Waals surface area contributed by atoms with Gasteiger partial charge in [-0.25, -0.2) is 0 Å². The van der Waals surface area contributed by atoms with Crippen molar-refractivity contribution >= 4 is 17.3 Å². The number of carbonyl (C=O) groups excluding carboxylic acids is 1. The monoisotopic (exact) mass is 270 g/mol. The number of hydrogen-bond acceptors (Lipinski definition) is 3. The first-order valence-electron chi connectivity index (χ1n) is 6.47. The number of carbonyl (C=O) groups is 1. The van der Waals surface area contributed by atoms with Gasteiger partial charge in [-0.2, -0.15) is 0 Å². The largest absolute Gasteiger partial charge is 0.497 e. The third kappa shape index (κ3) is 2.91. The Morgan fingerprint density at radius 3 is 2.50 bits per heavy atom. The van der Waals surface area contributed by atoms with Crippen molar-refractivity contribution in [2.75, 3.05) is 24.3 Å². The molecule has 0 aliphatic rings. The van der Waals surface area contributed by atoms with E-state index in [9.17, 15) is 4.79 Å². The van der Waals surface area contributed by atoms with E-state index in [0.717, 1.165) is 5.69 Å². The Hall–Kier alpha value is -2.49. The topological polar surface area (TPSA) is 55.6 Å². The summed E-state index contributed by atoms with van der Waals surface area (Å²) in [5.41, 5.74) is 7.78. The highest BCUT2D eigenvalue weighted by Crippen LogP contribution is 2.20. The summed E-state index contributed by atoms with van der Waals surface area (Å²) in [6.07, 6.45) is 0. The summed E-state index contributed by atoms with van der Waals surface area (Å²) >= 11 is 0. The molecule has 0 fully saturated rings. The van der Waals surface area contributed by atoms with Gasteiger partial charge in [0.2, 0.25) is 0 Å². The average Bonchev–Trinajstić information content (AvgIpc) is 2.50. The van der Waals surface area contributed by atoms with Crippen molar-refractivity contribution in [3.05, 3.63) is 54.1 Å². The van der Waals surface area contributed by atoms with Gasteiger partial charge >= 0.3 is 0 Å². The number of ether oxygens (including phenoxy) is 1. The third-order valence-electron chi connectivity index (χ3n) is 3.08. The van der Waals surface area contributed by atoms with Crippen LogP contribution in [0.2, 0.25) is 0 Å². The highest BCUT2D eigenvalue weighted by Gasteiger charge is 2.16. The molecule has 4 heteroatoms. The van der Waals surface area contributed by atoms with E-state index in [-0.39, 0.29) is 5.91 Å². The van der Waals surface area contributed by atoms with Gasteiger partial charge in [0.05, 0.1) is 7.11 Å². The van der Waals surface area contributed by atoms with E-state index in [2.05, 4.69) is 0 Å². The number of rotatable bonds is 4. The predicted octanol–water partition coefficient (Wildman–Crippen LogP) is 2.94. The van der Waals surface area contributed by atoms with Gasteiger partial charge in [0.1, 0.15) is 5.75 Å². The van der Waals surface area contributed by atoms with E-state index in [0.29, 0.717) is 23.5 Å². The Kier molecular flexibility index (Phi) is 4.25. The van der Waals surface area contributed by atoms with E-state index in [1.165, 1.54) is 0 Å². The fourth-order valence-electron chi connectivity index (χ4n) is 2.01. The maximum Gasteiger partial charge on any atom is 0.258 e. The van der Waals surface area contributed by atoms with Crippen LogP contribution in [0.3, 0.4) is 0 Å². The highest BCUT2D eigenvalue weighted by molar-refractivity contribution is 6.06. The summed E-state index contributed by atoms with van der Waals surface area (Å²) in [6.45, 7) is 2.52. The minimum absolute atomic E-state index is 0.0591. The molecule has 1 amide bonds. The molecule has 0 aliphatic carbocycles. The molecule has 0 radical (unpaired) electrons. The third-order valence-corrected chi connectivity index (χ3v) is 3.08. The lowest BCUT2D eigenvalue weighted by Gasteiger charge is -2.21. The molecule has 4 nitrogen and oxygen atoms in total. The van der Waals surface area contributed by atoms with Crippen LogP contribution in [0.4, 0.5) is 11.4 Å². The molecular formula is C16H18N2O2. The van der Waals surface area contributed by atoms with E-state index < -0.39 is 0 Å². The van der Waals surface area contributed by atoms with Gasteiger partial charge in [0.15, 0.2) is 0 Å². The number of nitrogen functional groups attached to an aromatic ring is 1. The SMILES string of the molecule is CCN(C(=O)c1cccc(OC)c1)c1ccc(N)cc1. The first kappa shape index (κ1) is 13.9. The number of amides is 1. The lowest BCUT2D eigenvalue weighted by atomic mass is 10.1. The molecule has 2 rings (SSSR count). The first-order chi connectivity index (χ1) is 9.65. The van der Waals surface area contributed by atoms with Crippen LogP contribution >= 0.6 is 0 Å². The number of nitrogens with two attached hydrogens (primary N) is 1. The van der Waals surface area contributed by atoms with Gasteiger partial charge in [0, 0.05) is 23.5 Å². The number of nitrogens with zero attached hydrogens (tertiary/aromatic N) is 1. The van der Waals surface area contributed by atoms with Crippen LogP contribution in [0.15, 0.2) is 48.5 Å². The second-order valence-electron chi connectivity index (χ2n) is 4.37. The second kappa shape index (κ2) is 6.10. The number of hydrogen-bond donors (Lipinski definition) is 1. The Balaban J connectivity index is 2.31. The molecule has 2 aromatic rings. The molecule has 0 bridgehead atoms. The second-order valence-corrected chi connectivity index (χ2v) is 4.37. The summed E-state index contributed by atoms with van der Waals surface area (Å²) in [7, 11) is 1.58. The molecule has 0 saturated carbocycles. The minimum atomic E-state index is -0.0591. The molecule has 2 aromatic carbocycles. The average molecular weight is 270 g/mol. The van der Waals surface area contributed by atoms with Gasteiger partial charge in [-0.15, -0.1) is 0 Å². The normalized spacial score (nSPS) is 10.1. The smallest absolute Gasteiger partial charge is 0.258 e. The fourth-order valence-corrected chi connectivity index (χ4v) is 2.01. The van der Waals surface area contributed by atoms with Crippen molar-refractivity contribution in [1.82, 2.24) is 0 Å². The van der Waals surface area contributed by atoms with Gasteiger partial charge in [0.25, 0.3) is 5.91 Å². The standard InChI is InChI=1S/C16H18N2O2/c1-3-18(14-9-7-13(17)8-10-14)16(19)12-5-4-6-15(11-12)20-2/h4-11H,3,17H2,1-2H3. The summed E-state index contributed by atoms with van der Waals surface area (Å²) in [5, 5.41) is 0. The molecule has 0 heterocycles. The van der Waals surface area contributed by atoms with E-state index in [4.69, 9.17) is 10.5 Å². The van der Waals surface area contributed by atoms with Crippen LogP contribution in [0, 0.1) is 0 Å². The molecule has 0 aliphatic heterocycles. The van der Waals surface area contributed by atoms with E-state index in [1.807, 2.05) is 31.2 Å². The lowest BCUT2D eigenvalue weighted by Crippen LogP contribution is -2.30. The summed E-state index contributed by atoms with van der Waals surface area (Å²) in [6, 6.07) is 14.4. The summed E-state index contributed by atoms with van der Waals surface area (Å²) < 4.78 is 5.15. The zero-order valence-electron chi connectivity index (χ0n) is 11.7. The van der Waals surface area contributed by atoms with Gasteiger partial charge < -0.3 is 15.4 Å². The van der Waals surface area contributed by atoms with Crippen LogP contribution in [0.5, 0.6) is 5.75 Å². The van der Waals surface area contributed by atoms with Crippen molar-refractivity contribution in [3.8, 4) is 5.75 Å². The van der Waals surface area contributed by atoms with E-state index >= 15 is 0 Å². The van der Waals surface area contributed by atoms with E-state index in [1.54, 1.807) is 36.3 Å². The van der Waals surface area contributed by atoms with Crippen LogP contribution in [0.25, 0.3) is 0 Å². The van der Waals surface area contributed by atoms with Crippen molar-refractivity contribution < 1.29 is 9.53 Å². The Labute approximate surface area is 118 Å². The zero-order valence-corrected chi connectivity index (χ0v) is 11.7. The molecular weight excluding hydrogens is 252 g/mol. The number of methoxy groups -OCH3 is 1. The molecule has 2 N–H and O–H groups in total. The molecule has 0 unspecified atom stereocenters. The number of benzene rings is 2. The van der Waals surface area contributed by atoms with Gasteiger partial charge in [-0.05, 0) is 49.4 Å². The van der Waals surface area contributed by atoms with Gasteiger partial charge in [-0.3, -0.25) is 4.79 Å². The molecule has 0 aromatic heterocycles. The zero-order chi connectivity index (χ0) is 14.5. The Morgan fingerprint density at radius 2 is 1.90 bits per heavy atom. The van der Waals surface area contributed by atoms with Crippen LogP contribution < -0.4 is 15.4 Å². The molecule has 0 atom stereocenters. The summed E-state index contributed by atoms with van der Waals surface area (Å²) in [4.78, 5) is 14.3. The maximum atomic E-state index is 12.6.